The molecule has 0 radical (unpaired) electrons. The summed E-state index contributed by atoms with van der Waals surface area (Å²) in [5.41, 5.74) is 4.73. The molecule has 1 atom stereocenters. The van der Waals surface area contributed by atoms with Crippen molar-refractivity contribution >= 4 is 34.2 Å². The van der Waals surface area contributed by atoms with Gasteiger partial charge in [0.2, 0.25) is 0 Å². The summed E-state index contributed by atoms with van der Waals surface area (Å²) in [6, 6.07) is 5.71. The molecule has 1 aromatic carbocycles. The third-order valence-corrected chi connectivity index (χ3v) is 4.39. The first-order valence-electron chi connectivity index (χ1n) is 5.96. The number of benzene rings is 1. The monoisotopic (exact) mass is 391 g/mol. The van der Waals surface area contributed by atoms with E-state index in [0.29, 0.717) is 5.02 Å². The second-order valence-electron chi connectivity index (χ2n) is 4.16. The molecule has 0 aliphatic rings. The lowest BCUT2D eigenvalue weighted by Crippen LogP contribution is -2.30. The van der Waals surface area contributed by atoms with Crippen LogP contribution in [0.25, 0.3) is 0 Å². The Morgan fingerprint density at radius 2 is 2.32 bits per heavy atom. The van der Waals surface area contributed by atoms with E-state index in [1.54, 1.807) is 6.20 Å². The Kier molecular flexibility index (Phi) is 5.14. The van der Waals surface area contributed by atoms with Gasteiger partial charge in [-0.3, -0.25) is 5.84 Å². The molecule has 0 aliphatic heterocycles. The zero-order chi connectivity index (χ0) is 13.8. The first kappa shape index (κ1) is 14.7. The lowest BCUT2D eigenvalue weighted by molar-refractivity contribution is 0.512. The second-order valence-corrected chi connectivity index (χ2v) is 5.72. The van der Waals surface area contributed by atoms with E-state index >= 15 is 0 Å². The van der Waals surface area contributed by atoms with Crippen LogP contribution in [0.15, 0.2) is 24.4 Å². The summed E-state index contributed by atoms with van der Waals surface area (Å²) in [5.74, 6) is 5.69. The molecule has 0 amide bonds. The fraction of sp³-hybridized carbons (Fsp3) is 0.333. The predicted molar refractivity (Wildman–Crippen MR) is 83.6 cm³/mol. The van der Waals surface area contributed by atoms with E-state index < -0.39 is 0 Å². The largest absolute Gasteiger partial charge is 0.271 e. The number of rotatable bonds is 5. The molecular weight excluding hydrogens is 377 g/mol. The van der Waals surface area contributed by atoms with Crippen LogP contribution < -0.4 is 11.3 Å². The number of aromatic nitrogens is 3. The minimum Gasteiger partial charge on any atom is -0.271 e. The van der Waals surface area contributed by atoms with Gasteiger partial charge >= 0.3 is 0 Å². The molecule has 19 heavy (non-hydrogen) atoms. The molecule has 102 valence electrons. The number of hydrogen-bond donors (Lipinski definition) is 2. The molecule has 2 rings (SSSR count). The highest BCUT2D eigenvalue weighted by Gasteiger charge is 2.18. The summed E-state index contributed by atoms with van der Waals surface area (Å²) < 4.78 is 2.87. The zero-order valence-electron chi connectivity index (χ0n) is 10.5. The van der Waals surface area contributed by atoms with E-state index in [2.05, 4.69) is 45.3 Å². The van der Waals surface area contributed by atoms with Gasteiger partial charge in [-0.2, -0.15) is 0 Å². The average Bonchev–Trinajstić information content (AvgIpc) is 2.83. The highest BCUT2D eigenvalue weighted by Crippen LogP contribution is 2.26. The van der Waals surface area contributed by atoms with Crippen molar-refractivity contribution < 1.29 is 0 Å². The number of halogens is 2. The molecule has 0 spiro atoms. The Bertz CT molecular complexity index is 557. The van der Waals surface area contributed by atoms with Crippen LogP contribution in [0.4, 0.5) is 0 Å². The van der Waals surface area contributed by atoms with E-state index in [-0.39, 0.29) is 6.04 Å². The quantitative estimate of drug-likeness (QED) is 0.467. The number of hydrazine groups is 1. The third kappa shape index (κ3) is 3.25. The third-order valence-electron chi connectivity index (χ3n) is 2.82. The zero-order valence-corrected chi connectivity index (χ0v) is 13.4. The molecule has 5 nitrogen and oxygen atoms in total. The molecule has 0 saturated heterocycles. The molecule has 0 aliphatic carbocycles. The average molecular weight is 392 g/mol. The summed E-state index contributed by atoms with van der Waals surface area (Å²) >= 11 is 8.36. The van der Waals surface area contributed by atoms with Crippen molar-refractivity contribution in [1.29, 1.82) is 0 Å². The van der Waals surface area contributed by atoms with Crippen LogP contribution >= 0.6 is 34.2 Å². The second kappa shape index (κ2) is 6.65. The van der Waals surface area contributed by atoms with Crippen molar-refractivity contribution in [3.05, 3.63) is 44.2 Å². The van der Waals surface area contributed by atoms with Gasteiger partial charge in [0.05, 0.1) is 23.0 Å². The van der Waals surface area contributed by atoms with Gasteiger partial charge in [-0.1, -0.05) is 29.8 Å². The van der Waals surface area contributed by atoms with Crippen LogP contribution in [0.1, 0.15) is 30.6 Å². The van der Waals surface area contributed by atoms with Crippen molar-refractivity contribution in [3.8, 4) is 0 Å². The SMILES string of the molecule is CCCn1nncc1C(NN)c1ccc(I)c(Cl)c1. The van der Waals surface area contributed by atoms with Gasteiger partial charge in [0, 0.05) is 10.1 Å². The molecule has 7 heteroatoms. The summed E-state index contributed by atoms with van der Waals surface area (Å²) in [5, 5.41) is 8.75. The standard InChI is InChI=1S/C12H15ClIN5/c1-2-5-19-11(7-16-18-19)12(17-15)8-3-4-10(14)9(13)6-8/h3-4,6-7,12,17H,2,5,15H2,1H3. The van der Waals surface area contributed by atoms with Gasteiger partial charge in [-0.15, -0.1) is 5.10 Å². The lowest BCUT2D eigenvalue weighted by atomic mass is 10.0. The van der Waals surface area contributed by atoms with Gasteiger partial charge in [0.1, 0.15) is 0 Å². The Hall–Kier alpha value is -0.700. The van der Waals surface area contributed by atoms with Gasteiger partial charge in [0.15, 0.2) is 0 Å². The van der Waals surface area contributed by atoms with Crippen LogP contribution in [0.2, 0.25) is 5.02 Å². The first-order valence-corrected chi connectivity index (χ1v) is 7.42. The van der Waals surface area contributed by atoms with Crippen molar-refractivity contribution in [1.82, 2.24) is 20.4 Å². The van der Waals surface area contributed by atoms with E-state index in [9.17, 15) is 0 Å². The minimum absolute atomic E-state index is 0.170. The topological polar surface area (TPSA) is 68.8 Å². The number of aryl methyl sites for hydroxylation is 1. The van der Waals surface area contributed by atoms with Crippen molar-refractivity contribution in [3.63, 3.8) is 0 Å². The Morgan fingerprint density at radius 3 is 2.95 bits per heavy atom. The summed E-state index contributed by atoms with van der Waals surface area (Å²) in [6.07, 6.45) is 2.72. The van der Waals surface area contributed by atoms with Crippen molar-refractivity contribution in [2.75, 3.05) is 0 Å². The van der Waals surface area contributed by atoms with Crippen molar-refractivity contribution in [2.24, 2.45) is 5.84 Å². The maximum absolute atomic E-state index is 6.16. The maximum Gasteiger partial charge on any atom is 0.0895 e. The highest BCUT2D eigenvalue weighted by atomic mass is 127. The lowest BCUT2D eigenvalue weighted by Gasteiger charge is -2.17. The fourth-order valence-electron chi connectivity index (χ4n) is 1.92. The highest BCUT2D eigenvalue weighted by molar-refractivity contribution is 14.1. The predicted octanol–water partition coefficient (Wildman–Crippen LogP) is 2.50. The first-order chi connectivity index (χ1) is 9.17. The number of nitrogens with one attached hydrogen (secondary N) is 1. The van der Waals surface area contributed by atoms with Gasteiger partial charge in [-0.05, 0) is 46.7 Å². The summed E-state index contributed by atoms with van der Waals surface area (Å²) in [7, 11) is 0. The Morgan fingerprint density at radius 1 is 1.53 bits per heavy atom. The molecule has 0 saturated carbocycles. The van der Waals surface area contributed by atoms with Crippen LogP contribution in [-0.4, -0.2) is 15.0 Å². The van der Waals surface area contributed by atoms with Crippen LogP contribution in [0.3, 0.4) is 0 Å². The fourth-order valence-corrected chi connectivity index (χ4v) is 2.44. The van der Waals surface area contributed by atoms with Crippen LogP contribution in [0.5, 0.6) is 0 Å². The normalized spacial score (nSPS) is 12.6. The van der Waals surface area contributed by atoms with Gasteiger partial charge in [-0.25, -0.2) is 10.1 Å². The molecule has 1 heterocycles. The summed E-state index contributed by atoms with van der Waals surface area (Å²) in [6.45, 7) is 2.91. The van der Waals surface area contributed by atoms with Crippen LogP contribution in [0, 0.1) is 3.57 Å². The Labute approximate surface area is 130 Å². The molecule has 3 N–H and O–H groups in total. The van der Waals surface area contributed by atoms with Gasteiger partial charge < -0.3 is 0 Å². The summed E-state index contributed by atoms with van der Waals surface area (Å²) in [4.78, 5) is 0. The Balaban J connectivity index is 2.38. The molecule has 0 bridgehead atoms. The van der Waals surface area contributed by atoms with E-state index in [1.165, 1.54) is 0 Å². The smallest absolute Gasteiger partial charge is 0.0895 e. The maximum atomic E-state index is 6.16. The van der Waals surface area contributed by atoms with E-state index in [4.69, 9.17) is 17.4 Å². The number of nitrogens with two attached hydrogens (primary N) is 1. The van der Waals surface area contributed by atoms with Crippen molar-refractivity contribution in [2.45, 2.75) is 25.9 Å². The van der Waals surface area contributed by atoms with Crippen LogP contribution in [-0.2, 0) is 6.54 Å². The molecule has 1 aromatic heterocycles. The van der Waals surface area contributed by atoms with E-state index in [1.807, 2.05) is 22.9 Å². The number of nitrogens with zero attached hydrogens (tertiary/aromatic N) is 3. The van der Waals surface area contributed by atoms with E-state index in [0.717, 1.165) is 27.8 Å². The minimum atomic E-state index is -0.170. The molecule has 0 fully saturated rings. The molecule has 1 unspecified atom stereocenters. The molecular formula is C12H15ClIN5. The van der Waals surface area contributed by atoms with Gasteiger partial charge in [0.25, 0.3) is 0 Å². The molecule has 2 aromatic rings. The number of hydrogen-bond acceptors (Lipinski definition) is 4.